The highest BCUT2D eigenvalue weighted by Crippen LogP contribution is 2.16. The van der Waals surface area contributed by atoms with Crippen LogP contribution >= 0.6 is 0 Å². The predicted molar refractivity (Wildman–Crippen MR) is 81.0 cm³/mol. The molecule has 0 unspecified atom stereocenters. The summed E-state index contributed by atoms with van der Waals surface area (Å²) in [4.78, 5) is 10.5. The Morgan fingerprint density at radius 1 is 1.21 bits per heavy atom. The summed E-state index contributed by atoms with van der Waals surface area (Å²) in [5.41, 5.74) is 3.43. The molecule has 0 spiro atoms. The number of benzene rings is 1. The van der Waals surface area contributed by atoms with E-state index in [9.17, 15) is 4.79 Å². The number of allylic oxidation sites excluding steroid dienone is 1. The standard InChI is InChI=1S/C17H22O2/c1-3-4-5-6-8-16-13-14(2)11-12-15(16)9-7-10-17(18)19/h6-9,11-13H,3-5,10H2,1-2H3,(H,18,19). The molecule has 2 heteroatoms. The van der Waals surface area contributed by atoms with Crippen molar-refractivity contribution in [3.63, 3.8) is 0 Å². The molecular weight excluding hydrogens is 236 g/mol. The normalized spacial score (nSPS) is 11.5. The average molecular weight is 258 g/mol. The fourth-order valence-corrected chi connectivity index (χ4v) is 1.81. The third-order valence-corrected chi connectivity index (χ3v) is 2.85. The van der Waals surface area contributed by atoms with Crippen LogP contribution in [0.1, 0.15) is 49.3 Å². The van der Waals surface area contributed by atoms with Gasteiger partial charge in [-0.05, 0) is 24.5 Å². The number of rotatable bonds is 7. The van der Waals surface area contributed by atoms with Crippen LogP contribution in [0.15, 0.2) is 30.4 Å². The largest absolute Gasteiger partial charge is 0.481 e. The fraction of sp³-hybridized carbons (Fsp3) is 0.353. The molecule has 0 aliphatic carbocycles. The van der Waals surface area contributed by atoms with Gasteiger partial charge in [0.1, 0.15) is 0 Å². The first kappa shape index (κ1) is 15.2. The molecule has 0 radical (unpaired) electrons. The smallest absolute Gasteiger partial charge is 0.307 e. The summed E-state index contributed by atoms with van der Waals surface area (Å²) in [6, 6.07) is 6.21. The minimum absolute atomic E-state index is 0.0624. The Bertz CT molecular complexity index is 470. The third kappa shape index (κ3) is 6.05. The number of unbranched alkanes of at least 4 members (excludes halogenated alkanes) is 2. The van der Waals surface area contributed by atoms with Gasteiger partial charge in [0.15, 0.2) is 0 Å². The van der Waals surface area contributed by atoms with E-state index in [0.717, 1.165) is 17.5 Å². The number of hydrogen-bond donors (Lipinski definition) is 1. The maximum atomic E-state index is 10.5. The molecule has 1 aromatic rings. The monoisotopic (exact) mass is 258 g/mol. The van der Waals surface area contributed by atoms with Crippen LogP contribution < -0.4 is 0 Å². The van der Waals surface area contributed by atoms with Crippen LogP contribution in [0.25, 0.3) is 12.2 Å². The summed E-state index contributed by atoms with van der Waals surface area (Å²) in [7, 11) is 0. The van der Waals surface area contributed by atoms with E-state index in [-0.39, 0.29) is 6.42 Å². The van der Waals surface area contributed by atoms with Gasteiger partial charge in [0.25, 0.3) is 0 Å². The summed E-state index contributed by atoms with van der Waals surface area (Å²) in [5.74, 6) is -0.802. The molecule has 0 aliphatic heterocycles. The molecule has 0 saturated heterocycles. The number of carboxylic acid groups (broad SMARTS) is 1. The molecule has 0 aromatic heterocycles. The lowest BCUT2D eigenvalue weighted by Gasteiger charge is -2.03. The Balaban J connectivity index is 2.82. The van der Waals surface area contributed by atoms with Crippen LogP contribution in [-0.2, 0) is 4.79 Å². The van der Waals surface area contributed by atoms with Crippen LogP contribution in [0.2, 0.25) is 0 Å². The maximum absolute atomic E-state index is 10.5. The lowest BCUT2D eigenvalue weighted by atomic mass is 10.0. The Kier molecular flexibility index (Phi) is 6.65. The lowest BCUT2D eigenvalue weighted by Crippen LogP contribution is -1.90. The van der Waals surface area contributed by atoms with Crippen LogP contribution in [0.3, 0.4) is 0 Å². The van der Waals surface area contributed by atoms with Crippen molar-refractivity contribution in [2.75, 3.05) is 0 Å². The van der Waals surface area contributed by atoms with Crippen LogP contribution in [0.5, 0.6) is 0 Å². The third-order valence-electron chi connectivity index (χ3n) is 2.85. The zero-order chi connectivity index (χ0) is 14.1. The van der Waals surface area contributed by atoms with E-state index >= 15 is 0 Å². The summed E-state index contributed by atoms with van der Waals surface area (Å²) in [6.07, 6.45) is 11.4. The van der Waals surface area contributed by atoms with Gasteiger partial charge in [0, 0.05) is 0 Å². The van der Waals surface area contributed by atoms with E-state index in [1.807, 2.05) is 18.2 Å². The van der Waals surface area contributed by atoms with Gasteiger partial charge >= 0.3 is 5.97 Å². The van der Waals surface area contributed by atoms with Crippen LogP contribution in [-0.4, -0.2) is 11.1 Å². The van der Waals surface area contributed by atoms with E-state index in [1.54, 1.807) is 6.08 Å². The molecule has 1 N–H and O–H groups in total. The highest BCUT2D eigenvalue weighted by Gasteiger charge is 1.97. The molecule has 1 rings (SSSR count). The Morgan fingerprint density at radius 3 is 2.63 bits per heavy atom. The Hall–Kier alpha value is -1.83. The SMILES string of the molecule is CCCCC=Cc1cc(C)ccc1C=CCC(=O)O. The highest BCUT2D eigenvalue weighted by molar-refractivity contribution is 5.72. The van der Waals surface area contributed by atoms with E-state index in [0.29, 0.717) is 0 Å². The first-order chi connectivity index (χ1) is 9.13. The van der Waals surface area contributed by atoms with Gasteiger partial charge in [0.2, 0.25) is 0 Å². The molecule has 19 heavy (non-hydrogen) atoms. The first-order valence-corrected chi connectivity index (χ1v) is 6.79. The highest BCUT2D eigenvalue weighted by atomic mass is 16.4. The van der Waals surface area contributed by atoms with E-state index in [1.165, 1.54) is 18.4 Å². The van der Waals surface area contributed by atoms with Crippen molar-refractivity contribution in [3.05, 3.63) is 47.0 Å². The molecule has 0 fully saturated rings. The average Bonchev–Trinajstić information content (AvgIpc) is 2.36. The summed E-state index contributed by atoms with van der Waals surface area (Å²) < 4.78 is 0. The maximum Gasteiger partial charge on any atom is 0.307 e. The van der Waals surface area contributed by atoms with Crippen molar-refractivity contribution < 1.29 is 9.90 Å². The number of carbonyl (C=O) groups is 1. The van der Waals surface area contributed by atoms with Crippen LogP contribution in [0, 0.1) is 6.92 Å². The van der Waals surface area contributed by atoms with Gasteiger partial charge in [0.05, 0.1) is 6.42 Å². The lowest BCUT2D eigenvalue weighted by molar-refractivity contribution is -0.135. The number of aliphatic carboxylic acids is 1. The summed E-state index contributed by atoms with van der Waals surface area (Å²) >= 11 is 0. The Labute approximate surface area is 115 Å². The number of carboxylic acids is 1. The van der Waals surface area contributed by atoms with Crippen molar-refractivity contribution in [1.82, 2.24) is 0 Å². The van der Waals surface area contributed by atoms with Crippen molar-refractivity contribution in [2.45, 2.75) is 39.5 Å². The van der Waals surface area contributed by atoms with Crippen molar-refractivity contribution in [1.29, 1.82) is 0 Å². The first-order valence-electron chi connectivity index (χ1n) is 6.79. The molecule has 0 heterocycles. The van der Waals surface area contributed by atoms with E-state index < -0.39 is 5.97 Å². The summed E-state index contributed by atoms with van der Waals surface area (Å²) in [6.45, 7) is 4.24. The van der Waals surface area contributed by atoms with Crippen molar-refractivity contribution in [3.8, 4) is 0 Å². The quantitative estimate of drug-likeness (QED) is 0.720. The zero-order valence-electron chi connectivity index (χ0n) is 11.7. The molecule has 102 valence electrons. The molecule has 0 saturated carbocycles. The number of hydrogen-bond acceptors (Lipinski definition) is 1. The topological polar surface area (TPSA) is 37.3 Å². The Morgan fingerprint density at radius 2 is 1.95 bits per heavy atom. The summed E-state index contributed by atoms with van der Waals surface area (Å²) in [5, 5.41) is 8.64. The van der Waals surface area contributed by atoms with E-state index in [2.05, 4.69) is 32.1 Å². The second kappa shape index (κ2) is 8.30. The molecule has 0 amide bonds. The minimum Gasteiger partial charge on any atom is -0.481 e. The second-order valence-electron chi connectivity index (χ2n) is 4.68. The van der Waals surface area contributed by atoms with Crippen molar-refractivity contribution in [2.24, 2.45) is 0 Å². The van der Waals surface area contributed by atoms with Crippen molar-refractivity contribution >= 4 is 18.1 Å². The molecule has 0 atom stereocenters. The molecular formula is C17H22O2. The second-order valence-corrected chi connectivity index (χ2v) is 4.68. The number of aryl methyl sites for hydroxylation is 1. The van der Waals surface area contributed by atoms with E-state index in [4.69, 9.17) is 5.11 Å². The molecule has 0 bridgehead atoms. The van der Waals surface area contributed by atoms with Gasteiger partial charge in [-0.2, -0.15) is 0 Å². The van der Waals surface area contributed by atoms with Gasteiger partial charge in [-0.25, -0.2) is 0 Å². The van der Waals surface area contributed by atoms with Gasteiger partial charge in [-0.1, -0.05) is 67.8 Å². The predicted octanol–water partition coefficient (Wildman–Crippen LogP) is 4.69. The molecule has 1 aromatic carbocycles. The minimum atomic E-state index is -0.802. The fourth-order valence-electron chi connectivity index (χ4n) is 1.81. The van der Waals surface area contributed by atoms with Crippen LogP contribution in [0.4, 0.5) is 0 Å². The zero-order valence-corrected chi connectivity index (χ0v) is 11.7. The molecule has 0 aliphatic rings. The van der Waals surface area contributed by atoms with Gasteiger partial charge in [-0.15, -0.1) is 0 Å². The van der Waals surface area contributed by atoms with Gasteiger partial charge in [-0.3, -0.25) is 4.79 Å². The molecule has 2 nitrogen and oxygen atoms in total. The van der Waals surface area contributed by atoms with Gasteiger partial charge < -0.3 is 5.11 Å².